The fourth-order valence-electron chi connectivity index (χ4n) is 4.21. The predicted molar refractivity (Wildman–Crippen MR) is 93.2 cm³/mol. The van der Waals surface area contributed by atoms with Gasteiger partial charge >= 0.3 is 0 Å². The van der Waals surface area contributed by atoms with Crippen molar-refractivity contribution in [3.8, 4) is 5.69 Å². The van der Waals surface area contributed by atoms with E-state index in [0.717, 1.165) is 32.4 Å². The van der Waals surface area contributed by atoms with Crippen molar-refractivity contribution in [1.29, 1.82) is 0 Å². The highest BCUT2D eigenvalue weighted by atomic mass is 19.1. The maximum absolute atomic E-state index is 13.4. The molecule has 0 saturated carbocycles. The first-order valence-electron chi connectivity index (χ1n) is 8.96. The molecule has 1 aromatic heterocycles. The number of nitrogens with zero attached hydrogens (tertiary/aromatic N) is 4. The quantitative estimate of drug-likeness (QED) is 0.861. The minimum absolute atomic E-state index is 0.0158. The molecule has 2 fully saturated rings. The summed E-state index contributed by atoms with van der Waals surface area (Å²) in [5.74, 6) is -0.331. The molecule has 0 bridgehead atoms. The summed E-state index contributed by atoms with van der Waals surface area (Å²) in [5.41, 5.74) is 1.05. The van der Waals surface area contributed by atoms with Crippen molar-refractivity contribution in [2.24, 2.45) is 0 Å². The third-order valence-corrected chi connectivity index (χ3v) is 5.46. The number of benzene rings is 1. The molecular formula is C19H23FN4O. The second-order valence-corrected chi connectivity index (χ2v) is 7.02. The Kier molecular flexibility index (Phi) is 4.29. The molecule has 0 spiro atoms. The van der Waals surface area contributed by atoms with Crippen molar-refractivity contribution in [3.63, 3.8) is 0 Å². The molecule has 0 aliphatic carbocycles. The normalized spacial score (nSPS) is 24.2. The van der Waals surface area contributed by atoms with E-state index in [1.165, 1.54) is 18.6 Å². The van der Waals surface area contributed by atoms with E-state index in [0.29, 0.717) is 17.4 Å². The smallest absolute Gasteiger partial charge is 0.274 e. The Bertz CT molecular complexity index is 774. The molecule has 1 amide bonds. The lowest BCUT2D eigenvalue weighted by Gasteiger charge is -2.32. The van der Waals surface area contributed by atoms with Gasteiger partial charge in [-0.25, -0.2) is 9.07 Å². The van der Waals surface area contributed by atoms with E-state index in [-0.39, 0.29) is 17.8 Å². The monoisotopic (exact) mass is 342 g/mol. The summed E-state index contributed by atoms with van der Waals surface area (Å²) in [7, 11) is 2.15. The van der Waals surface area contributed by atoms with Crippen molar-refractivity contribution >= 4 is 5.91 Å². The Morgan fingerprint density at radius 2 is 1.96 bits per heavy atom. The van der Waals surface area contributed by atoms with Gasteiger partial charge in [0.1, 0.15) is 5.82 Å². The van der Waals surface area contributed by atoms with Crippen LogP contribution in [-0.4, -0.2) is 57.7 Å². The molecule has 2 saturated heterocycles. The topological polar surface area (TPSA) is 41.4 Å². The molecule has 2 aliphatic heterocycles. The molecule has 2 aliphatic rings. The van der Waals surface area contributed by atoms with Crippen molar-refractivity contribution in [1.82, 2.24) is 19.6 Å². The van der Waals surface area contributed by atoms with Crippen LogP contribution in [0.1, 0.15) is 36.2 Å². The number of likely N-dealkylation sites (N-methyl/N-ethyl adjacent to an activating group) is 1. The van der Waals surface area contributed by atoms with Gasteiger partial charge in [0.15, 0.2) is 5.69 Å². The SMILES string of the molecule is CN1CCCC1C1CCCN1C(=O)c1ccn(-c2cccc(F)c2)n1. The molecule has 1 aromatic carbocycles. The molecular weight excluding hydrogens is 319 g/mol. The van der Waals surface area contributed by atoms with Crippen molar-refractivity contribution < 1.29 is 9.18 Å². The lowest BCUT2D eigenvalue weighted by molar-refractivity contribution is 0.0658. The van der Waals surface area contributed by atoms with Gasteiger partial charge in [0.05, 0.1) is 5.69 Å². The molecule has 3 heterocycles. The highest BCUT2D eigenvalue weighted by Crippen LogP contribution is 2.30. The van der Waals surface area contributed by atoms with Crippen LogP contribution in [0.4, 0.5) is 4.39 Å². The molecule has 2 aromatic rings. The maximum Gasteiger partial charge on any atom is 0.274 e. The van der Waals surface area contributed by atoms with Crippen LogP contribution in [0.15, 0.2) is 36.5 Å². The van der Waals surface area contributed by atoms with Crippen LogP contribution < -0.4 is 0 Å². The van der Waals surface area contributed by atoms with Gasteiger partial charge in [0.2, 0.25) is 0 Å². The number of rotatable bonds is 3. The number of halogens is 1. The Morgan fingerprint density at radius 1 is 1.16 bits per heavy atom. The van der Waals surface area contributed by atoms with Gasteiger partial charge in [0.25, 0.3) is 5.91 Å². The second kappa shape index (κ2) is 6.59. The Labute approximate surface area is 147 Å². The van der Waals surface area contributed by atoms with Gasteiger partial charge in [-0.3, -0.25) is 4.79 Å². The van der Waals surface area contributed by atoms with Crippen LogP contribution in [0.3, 0.4) is 0 Å². The number of carbonyl (C=O) groups excluding carboxylic acids is 1. The standard InChI is InChI=1S/C19H23FN4O/c1-22-10-3-7-17(22)18-8-4-11-23(18)19(25)16-9-12-24(21-16)15-6-2-5-14(20)13-15/h2,5-6,9,12-13,17-18H,3-4,7-8,10-11H2,1H3. The second-order valence-electron chi connectivity index (χ2n) is 7.02. The van der Waals surface area contributed by atoms with E-state index >= 15 is 0 Å². The van der Waals surface area contributed by atoms with Crippen molar-refractivity contribution in [2.45, 2.75) is 37.8 Å². The van der Waals surface area contributed by atoms with Crippen LogP contribution in [0.2, 0.25) is 0 Å². The van der Waals surface area contributed by atoms with Crippen LogP contribution in [0.5, 0.6) is 0 Å². The number of hydrogen-bond acceptors (Lipinski definition) is 3. The minimum Gasteiger partial charge on any atom is -0.333 e. The number of carbonyl (C=O) groups is 1. The summed E-state index contributed by atoms with van der Waals surface area (Å²) in [4.78, 5) is 17.4. The highest BCUT2D eigenvalue weighted by molar-refractivity contribution is 5.92. The first-order valence-corrected chi connectivity index (χ1v) is 8.96. The summed E-state index contributed by atoms with van der Waals surface area (Å²) in [5, 5.41) is 4.39. The lowest BCUT2D eigenvalue weighted by Crippen LogP contribution is -2.47. The highest BCUT2D eigenvalue weighted by Gasteiger charge is 2.39. The van der Waals surface area contributed by atoms with Crippen LogP contribution in [0, 0.1) is 5.82 Å². The molecule has 2 atom stereocenters. The number of aromatic nitrogens is 2. The maximum atomic E-state index is 13.4. The largest absolute Gasteiger partial charge is 0.333 e. The van der Waals surface area contributed by atoms with Gasteiger partial charge < -0.3 is 9.80 Å². The summed E-state index contributed by atoms with van der Waals surface area (Å²) in [6, 6.07) is 8.67. The summed E-state index contributed by atoms with van der Waals surface area (Å²) < 4.78 is 15.0. The zero-order valence-corrected chi connectivity index (χ0v) is 14.4. The van der Waals surface area contributed by atoms with E-state index in [1.54, 1.807) is 29.1 Å². The first kappa shape index (κ1) is 16.3. The summed E-state index contributed by atoms with van der Waals surface area (Å²) in [6.45, 7) is 1.90. The van der Waals surface area contributed by atoms with E-state index in [1.807, 2.05) is 4.90 Å². The number of hydrogen-bond donors (Lipinski definition) is 0. The number of likely N-dealkylation sites (tertiary alicyclic amines) is 2. The molecule has 2 unspecified atom stereocenters. The van der Waals surface area contributed by atoms with Crippen LogP contribution in [-0.2, 0) is 0 Å². The van der Waals surface area contributed by atoms with Crippen LogP contribution >= 0.6 is 0 Å². The van der Waals surface area contributed by atoms with E-state index in [4.69, 9.17) is 0 Å². The molecule has 0 N–H and O–H groups in total. The van der Waals surface area contributed by atoms with Crippen molar-refractivity contribution in [3.05, 3.63) is 48.0 Å². The molecule has 6 heteroatoms. The Balaban J connectivity index is 1.54. The minimum atomic E-state index is -0.315. The van der Waals surface area contributed by atoms with E-state index in [2.05, 4.69) is 17.0 Å². The fraction of sp³-hybridized carbons (Fsp3) is 0.474. The van der Waals surface area contributed by atoms with E-state index < -0.39 is 0 Å². The average Bonchev–Trinajstić information content (AvgIpc) is 3.34. The lowest BCUT2D eigenvalue weighted by atomic mass is 10.0. The van der Waals surface area contributed by atoms with Crippen molar-refractivity contribution in [2.75, 3.05) is 20.1 Å². The van der Waals surface area contributed by atoms with Gasteiger partial charge in [-0.05, 0) is 63.5 Å². The Hall–Kier alpha value is -2.21. The molecule has 25 heavy (non-hydrogen) atoms. The molecule has 5 nitrogen and oxygen atoms in total. The molecule has 0 radical (unpaired) electrons. The third-order valence-electron chi connectivity index (χ3n) is 5.46. The van der Waals surface area contributed by atoms with E-state index in [9.17, 15) is 9.18 Å². The van der Waals surface area contributed by atoms with Gasteiger partial charge in [-0.15, -0.1) is 0 Å². The fourth-order valence-corrected chi connectivity index (χ4v) is 4.21. The molecule has 132 valence electrons. The summed E-state index contributed by atoms with van der Waals surface area (Å²) in [6.07, 6.45) is 6.18. The zero-order valence-electron chi connectivity index (χ0n) is 14.4. The van der Waals surface area contributed by atoms with Gasteiger partial charge in [-0.2, -0.15) is 5.10 Å². The zero-order chi connectivity index (χ0) is 17.4. The average molecular weight is 342 g/mol. The van der Waals surface area contributed by atoms with Gasteiger partial charge in [-0.1, -0.05) is 6.07 Å². The predicted octanol–water partition coefficient (Wildman–Crippen LogP) is 2.71. The van der Waals surface area contributed by atoms with Crippen LogP contribution in [0.25, 0.3) is 5.69 Å². The third kappa shape index (κ3) is 3.06. The number of amides is 1. The Morgan fingerprint density at radius 3 is 2.72 bits per heavy atom. The summed E-state index contributed by atoms with van der Waals surface area (Å²) >= 11 is 0. The van der Waals surface area contributed by atoms with Gasteiger partial charge in [0, 0.05) is 24.8 Å². The first-order chi connectivity index (χ1) is 12.1. The molecule has 4 rings (SSSR count).